The summed E-state index contributed by atoms with van der Waals surface area (Å²) < 4.78 is 5.26. The van der Waals surface area contributed by atoms with Crippen LogP contribution >= 0.6 is 23.2 Å². The third-order valence-electron chi connectivity index (χ3n) is 2.35. The van der Waals surface area contributed by atoms with Crippen LogP contribution in [-0.2, 0) is 6.54 Å². The second-order valence-electron chi connectivity index (χ2n) is 3.50. The minimum absolute atomic E-state index is 0.155. The van der Waals surface area contributed by atoms with Crippen molar-refractivity contribution in [1.82, 2.24) is 9.97 Å². The lowest BCUT2D eigenvalue weighted by molar-refractivity contribution is 0.410. The van der Waals surface area contributed by atoms with Gasteiger partial charge >= 0.3 is 0 Å². The second-order valence-corrected chi connectivity index (χ2v) is 4.25. The van der Waals surface area contributed by atoms with Crippen molar-refractivity contribution in [2.24, 2.45) is 0 Å². The number of halogens is 2. The van der Waals surface area contributed by atoms with Gasteiger partial charge in [0.05, 0.1) is 13.3 Å². The van der Waals surface area contributed by atoms with E-state index < -0.39 is 0 Å². The van der Waals surface area contributed by atoms with Crippen molar-refractivity contribution >= 4 is 29.0 Å². The van der Waals surface area contributed by atoms with Crippen molar-refractivity contribution in [2.45, 2.75) is 6.54 Å². The Labute approximate surface area is 115 Å². The Bertz CT molecular complexity index is 549. The average Bonchev–Trinajstić information content (AvgIpc) is 2.40. The van der Waals surface area contributed by atoms with Gasteiger partial charge in [0.15, 0.2) is 0 Å². The van der Waals surface area contributed by atoms with Gasteiger partial charge in [-0.2, -0.15) is 4.98 Å². The summed E-state index contributed by atoms with van der Waals surface area (Å²) in [5.41, 5.74) is 1.01. The quantitative estimate of drug-likeness (QED) is 0.874. The van der Waals surface area contributed by atoms with Crippen molar-refractivity contribution in [3.63, 3.8) is 0 Å². The van der Waals surface area contributed by atoms with Crippen molar-refractivity contribution in [2.75, 3.05) is 12.4 Å². The van der Waals surface area contributed by atoms with Crippen molar-refractivity contribution in [1.29, 1.82) is 0 Å². The fraction of sp³-hybridized carbons (Fsp3) is 0.167. The SMILES string of the molecule is COc1ccccc1CNc1nc(Cl)ncc1Cl. The molecule has 0 saturated carbocycles. The Kier molecular flexibility index (Phi) is 4.23. The number of nitrogens with zero attached hydrogens (tertiary/aromatic N) is 2. The van der Waals surface area contributed by atoms with E-state index in [-0.39, 0.29) is 5.28 Å². The van der Waals surface area contributed by atoms with E-state index in [4.69, 9.17) is 27.9 Å². The summed E-state index contributed by atoms with van der Waals surface area (Å²) in [6.45, 7) is 0.539. The minimum Gasteiger partial charge on any atom is -0.496 e. The molecule has 0 unspecified atom stereocenters. The number of hydrogen-bond acceptors (Lipinski definition) is 4. The summed E-state index contributed by atoms with van der Waals surface area (Å²) in [6.07, 6.45) is 1.46. The molecule has 0 fully saturated rings. The fourth-order valence-electron chi connectivity index (χ4n) is 1.50. The molecule has 0 bridgehead atoms. The topological polar surface area (TPSA) is 47.0 Å². The maximum atomic E-state index is 5.96. The molecule has 0 aliphatic carbocycles. The lowest BCUT2D eigenvalue weighted by Gasteiger charge is -2.10. The van der Waals surface area contributed by atoms with E-state index in [1.807, 2.05) is 24.3 Å². The molecule has 4 nitrogen and oxygen atoms in total. The molecule has 1 aromatic heterocycles. The van der Waals surface area contributed by atoms with Crippen LogP contribution in [0.2, 0.25) is 10.3 Å². The molecule has 0 spiro atoms. The molecule has 6 heteroatoms. The molecular weight excluding hydrogens is 273 g/mol. The summed E-state index contributed by atoms with van der Waals surface area (Å²) in [5, 5.41) is 3.68. The van der Waals surface area contributed by atoms with Gasteiger partial charge in [0, 0.05) is 12.1 Å². The molecule has 1 heterocycles. The molecule has 18 heavy (non-hydrogen) atoms. The highest BCUT2D eigenvalue weighted by Crippen LogP contribution is 2.22. The highest BCUT2D eigenvalue weighted by atomic mass is 35.5. The Morgan fingerprint density at radius 3 is 2.83 bits per heavy atom. The average molecular weight is 284 g/mol. The Morgan fingerprint density at radius 2 is 2.06 bits per heavy atom. The highest BCUT2D eigenvalue weighted by Gasteiger charge is 2.06. The molecule has 0 radical (unpaired) electrons. The van der Waals surface area contributed by atoms with Gasteiger partial charge in [0.2, 0.25) is 5.28 Å². The summed E-state index contributed by atoms with van der Waals surface area (Å²) >= 11 is 11.7. The molecule has 1 aromatic carbocycles. The third-order valence-corrected chi connectivity index (χ3v) is 2.81. The van der Waals surface area contributed by atoms with E-state index in [1.54, 1.807) is 7.11 Å². The predicted octanol–water partition coefficient (Wildman–Crippen LogP) is 3.40. The van der Waals surface area contributed by atoms with Crippen LogP contribution in [0.15, 0.2) is 30.5 Å². The minimum atomic E-state index is 0.155. The van der Waals surface area contributed by atoms with Crippen LogP contribution in [-0.4, -0.2) is 17.1 Å². The van der Waals surface area contributed by atoms with Gasteiger partial charge in [-0.05, 0) is 17.7 Å². The number of rotatable bonds is 4. The first-order valence-electron chi connectivity index (χ1n) is 5.24. The van der Waals surface area contributed by atoms with Crippen LogP contribution in [0.4, 0.5) is 5.82 Å². The Hall–Kier alpha value is -1.52. The number of benzene rings is 1. The van der Waals surface area contributed by atoms with Gasteiger partial charge in [-0.15, -0.1) is 0 Å². The monoisotopic (exact) mass is 283 g/mol. The van der Waals surface area contributed by atoms with Crippen molar-refractivity contribution in [3.8, 4) is 5.75 Å². The van der Waals surface area contributed by atoms with E-state index in [0.717, 1.165) is 11.3 Å². The van der Waals surface area contributed by atoms with Gasteiger partial charge in [0.25, 0.3) is 0 Å². The first-order chi connectivity index (χ1) is 8.70. The van der Waals surface area contributed by atoms with Gasteiger partial charge in [-0.3, -0.25) is 0 Å². The van der Waals surface area contributed by atoms with E-state index in [1.165, 1.54) is 6.20 Å². The second kappa shape index (κ2) is 5.89. The third kappa shape index (κ3) is 3.03. The highest BCUT2D eigenvalue weighted by molar-refractivity contribution is 6.33. The van der Waals surface area contributed by atoms with Gasteiger partial charge in [-0.25, -0.2) is 4.98 Å². The van der Waals surface area contributed by atoms with E-state index >= 15 is 0 Å². The fourth-order valence-corrected chi connectivity index (χ4v) is 1.79. The summed E-state index contributed by atoms with van der Waals surface area (Å²) in [5.74, 6) is 1.31. The number of para-hydroxylation sites is 1. The zero-order chi connectivity index (χ0) is 13.0. The summed E-state index contributed by atoms with van der Waals surface area (Å²) in [4.78, 5) is 7.80. The van der Waals surface area contributed by atoms with Crippen LogP contribution < -0.4 is 10.1 Å². The normalized spacial score (nSPS) is 10.2. The van der Waals surface area contributed by atoms with Gasteiger partial charge < -0.3 is 10.1 Å². The molecule has 2 rings (SSSR count). The maximum absolute atomic E-state index is 5.96. The maximum Gasteiger partial charge on any atom is 0.224 e. The zero-order valence-corrected chi connectivity index (χ0v) is 11.2. The van der Waals surface area contributed by atoms with Crippen molar-refractivity contribution in [3.05, 3.63) is 46.3 Å². The first-order valence-corrected chi connectivity index (χ1v) is 6.00. The van der Waals surface area contributed by atoms with Crippen LogP contribution in [0.25, 0.3) is 0 Å². The smallest absolute Gasteiger partial charge is 0.224 e. The predicted molar refractivity (Wildman–Crippen MR) is 72.4 cm³/mol. The molecule has 1 N–H and O–H groups in total. The van der Waals surface area contributed by atoms with Crippen molar-refractivity contribution < 1.29 is 4.74 Å². The van der Waals surface area contributed by atoms with E-state index in [0.29, 0.717) is 17.4 Å². The molecule has 0 amide bonds. The van der Waals surface area contributed by atoms with Gasteiger partial charge in [0.1, 0.15) is 16.6 Å². The molecule has 2 aromatic rings. The molecule has 94 valence electrons. The molecule has 0 saturated heterocycles. The number of methoxy groups -OCH3 is 1. The molecule has 0 aliphatic rings. The van der Waals surface area contributed by atoms with Crippen LogP contribution in [0.3, 0.4) is 0 Å². The van der Waals surface area contributed by atoms with E-state index in [9.17, 15) is 0 Å². The lowest BCUT2D eigenvalue weighted by Crippen LogP contribution is -2.04. The van der Waals surface area contributed by atoms with Crippen LogP contribution in [0, 0.1) is 0 Å². The number of anilines is 1. The molecule has 0 atom stereocenters. The zero-order valence-electron chi connectivity index (χ0n) is 9.65. The van der Waals surface area contributed by atoms with Crippen LogP contribution in [0.5, 0.6) is 5.75 Å². The summed E-state index contributed by atoms with van der Waals surface area (Å²) in [7, 11) is 1.63. The molecule has 0 aliphatic heterocycles. The standard InChI is InChI=1S/C12H11Cl2N3O/c1-18-10-5-3-2-4-8(10)6-15-11-9(13)7-16-12(14)17-11/h2-5,7H,6H2,1H3,(H,15,16,17). The Balaban J connectivity index is 2.14. The largest absolute Gasteiger partial charge is 0.496 e. The lowest BCUT2D eigenvalue weighted by atomic mass is 10.2. The summed E-state index contributed by atoms with van der Waals surface area (Å²) in [6, 6.07) is 7.71. The number of aromatic nitrogens is 2. The number of nitrogens with one attached hydrogen (secondary N) is 1. The number of ether oxygens (including phenoxy) is 1. The first kappa shape index (κ1) is 12.9. The Morgan fingerprint density at radius 1 is 1.28 bits per heavy atom. The van der Waals surface area contributed by atoms with Gasteiger partial charge in [-0.1, -0.05) is 29.8 Å². The van der Waals surface area contributed by atoms with E-state index in [2.05, 4.69) is 15.3 Å². The molecular formula is C12H11Cl2N3O. The number of hydrogen-bond donors (Lipinski definition) is 1. The van der Waals surface area contributed by atoms with Crippen LogP contribution in [0.1, 0.15) is 5.56 Å².